The van der Waals surface area contributed by atoms with Crippen molar-refractivity contribution >= 4 is 48.3 Å². The first kappa shape index (κ1) is 15.1. The molecule has 106 valence electrons. The predicted octanol–water partition coefficient (Wildman–Crippen LogP) is 2.11. The van der Waals surface area contributed by atoms with Crippen molar-refractivity contribution in [3.63, 3.8) is 0 Å². The van der Waals surface area contributed by atoms with E-state index in [1.165, 1.54) is 29.5 Å². The molecular weight excluding hydrogens is 366 g/mol. The van der Waals surface area contributed by atoms with Gasteiger partial charge in [-0.15, -0.1) is 11.3 Å². The number of sulfonamides is 1. The van der Waals surface area contributed by atoms with Crippen LogP contribution >= 0.6 is 27.3 Å². The lowest BCUT2D eigenvalue weighted by atomic mass is 10.2. The van der Waals surface area contributed by atoms with Gasteiger partial charge < -0.3 is 0 Å². The zero-order valence-corrected chi connectivity index (χ0v) is 13.5. The number of amides is 1. The first-order chi connectivity index (χ1) is 9.27. The minimum atomic E-state index is -3.86. The Bertz CT molecular complexity index is 771. The van der Waals surface area contributed by atoms with Gasteiger partial charge in [0.2, 0.25) is 10.0 Å². The standard InChI is InChI=1S/C11H10BrN3O3S2/c1-6-5-19-11(14-6)15-10(16)8-4-7(20(13,17)18)2-3-9(8)12/h2-5H,1H3,(H2,13,17,18)(H,14,15,16). The third-order valence-corrected chi connectivity index (χ3v) is 4.83. The number of benzene rings is 1. The number of nitrogens with two attached hydrogens (primary N) is 1. The SMILES string of the molecule is Cc1csc(NC(=O)c2cc(S(N)(=O)=O)ccc2Br)n1. The van der Waals surface area contributed by atoms with Crippen LogP contribution in [0.3, 0.4) is 0 Å². The molecule has 0 aliphatic carbocycles. The number of halogens is 1. The smallest absolute Gasteiger partial charge is 0.258 e. The van der Waals surface area contributed by atoms with E-state index in [2.05, 4.69) is 26.2 Å². The highest BCUT2D eigenvalue weighted by Crippen LogP contribution is 2.22. The molecule has 0 aliphatic rings. The van der Waals surface area contributed by atoms with Gasteiger partial charge in [-0.05, 0) is 41.1 Å². The van der Waals surface area contributed by atoms with Crippen molar-refractivity contribution in [3.05, 3.63) is 39.3 Å². The quantitative estimate of drug-likeness (QED) is 0.857. The average molecular weight is 376 g/mol. The molecule has 6 nitrogen and oxygen atoms in total. The van der Waals surface area contributed by atoms with Crippen LogP contribution in [-0.4, -0.2) is 19.3 Å². The van der Waals surface area contributed by atoms with Crippen molar-refractivity contribution in [1.29, 1.82) is 0 Å². The lowest BCUT2D eigenvalue weighted by Crippen LogP contribution is -2.16. The molecule has 0 atom stereocenters. The van der Waals surface area contributed by atoms with Crippen LogP contribution in [0.5, 0.6) is 0 Å². The normalized spacial score (nSPS) is 11.3. The molecule has 0 bridgehead atoms. The van der Waals surface area contributed by atoms with E-state index in [-0.39, 0.29) is 10.5 Å². The molecule has 0 radical (unpaired) electrons. The van der Waals surface area contributed by atoms with Crippen LogP contribution in [0.4, 0.5) is 5.13 Å². The Kier molecular flexibility index (Phi) is 4.23. The molecule has 9 heteroatoms. The molecule has 0 unspecified atom stereocenters. The van der Waals surface area contributed by atoms with E-state index in [9.17, 15) is 13.2 Å². The minimum absolute atomic E-state index is 0.124. The number of aryl methyl sites for hydroxylation is 1. The van der Waals surface area contributed by atoms with Gasteiger partial charge in [0.25, 0.3) is 5.91 Å². The number of carbonyl (C=O) groups excluding carboxylic acids is 1. The fraction of sp³-hybridized carbons (Fsp3) is 0.0909. The first-order valence-corrected chi connectivity index (χ1v) is 8.55. The zero-order chi connectivity index (χ0) is 14.9. The van der Waals surface area contributed by atoms with Crippen LogP contribution < -0.4 is 10.5 Å². The number of aromatic nitrogens is 1. The number of nitrogens with zero attached hydrogens (tertiary/aromatic N) is 1. The van der Waals surface area contributed by atoms with E-state index >= 15 is 0 Å². The van der Waals surface area contributed by atoms with Gasteiger partial charge in [0.1, 0.15) is 0 Å². The van der Waals surface area contributed by atoms with Gasteiger partial charge in [-0.1, -0.05) is 0 Å². The maximum absolute atomic E-state index is 12.1. The summed E-state index contributed by atoms with van der Waals surface area (Å²) < 4.78 is 23.1. The van der Waals surface area contributed by atoms with Gasteiger partial charge in [-0.3, -0.25) is 10.1 Å². The highest BCUT2D eigenvalue weighted by Gasteiger charge is 2.16. The second-order valence-corrected chi connectivity index (χ2v) is 7.21. The minimum Gasteiger partial charge on any atom is -0.298 e. The molecule has 1 aromatic heterocycles. The summed E-state index contributed by atoms with van der Waals surface area (Å²) in [6.45, 7) is 1.81. The van der Waals surface area contributed by atoms with Crippen molar-refractivity contribution in [1.82, 2.24) is 4.98 Å². The molecule has 2 aromatic rings. The van der Waals surface area contributed by atoms with E-state index in [0.717, 1.165) is 5.69 Å². The largest absolute Gasteiger partial charge is 0.298 e. The van der Waals surface area contributed by atoms with Crippen LogP contribution in [0.25, 0.3) is 0 Å². The number of rotatable bonds is 3. The summed E-state index contributed by atoms with van der Waals surface area (Å²) in [5.74, 6) is -0.461. The van der Waals surface area contributed by atoms with Crippen molar-refractivity contribution < 1.29 is 13.2 Å². The molecule has 0 saturated heterocycles. The number of hydrogen-bond donors (Lipinski definition) is 2. The van der Waals surface area contributed by atoms with Crippen molar-refractivity contribution in [3.8, 4) is 0 Å². The Morgan fingerprint density at radius 2 is 2.15 bits per heavy atom. The van der Waals surface area contributed by atoms with E-state index in [4.69, 9.17) is 5.14 Å². The summed E-state index contributed by atoms with van der Waals surface area (Å²) in [6.07, 6.45) is 0. The van der Waals surface area contributed by atoms with Crippen LogP contribution in [-0.2, 0) is 10.0 Å². The second kappa shape index (κ2) is 5.60. The molecule has 0 saturated carbocycles. The third kappa shape index (κ3) is 3.42. The number of nitrogens with one attached hydrogen (secondary N) is 1. The van der Waals surface area contributed by atoms with Crippen molar-refractivity contribution in [2.75, 3.05) is 5.32 Å². The van der Waals surface area contributed by atoms with Gasteiger partial charge in [0.15, 0.2) is 5.13 Å². The zero-order valence-electron chi connectivity index (χ0n) is 10.3. The van der Waals surface area contributed by atoms with E-state index in [1.54, 1.807) is 5.38 Å². The fourth-order valence-electron chi connectivity index (χ4n) is 1.43. The Hall–Kier alpha value is -1.29. The molecule has 3 N–H and O–H groups in total. The van der Waals surface area contributed by atoms with E-state index in [0.29, 0.717) is 9.60 Å². The van der Waals surface area contributed by atoms with Crippen LogP contribution in [0.15, 0.2) is 32.9 Å². The fourth-order valence-corrected chi connectivity index (χ4v) is 3.08. The summed E-state index contributed by atoms with van der Waals surface area (Å²) in [4.78, 5) is 16.1. The average Bonchev–Trinajstić information content (AvgIpc) is 2.73. The van der Waals surface area contributed by atoms with Gasteiger partial charge in [-0.25, -0.2) is 18.5 Å². The Morgan fingerprint density at radius 1 is 1.45 bits per heavy atom. The summed E-state index contributed by atoms with van der Waals surface area (Å²) in [6, 6.07) is 4.00. The highest BCUT2D eigenvalue weighted by molar-refractivity contribution is 9.10. The monoisotopic (exact) mass is 375 g/mol. The molecule has 1 heterocycles. The van der Waals surface area contributed by atoms with Crippen molar-refractivity contribution in [2.45, 2.75) is 11.8 Å². The number of carbonyl (C=O) groups is 1. The second-order valence-electron chi connectivity index (χ2n) is 3.93. The molecule has 2 rings (SSSR count). The molecule has 0 fully saturated rings. The van der Waals surface area contributed by atoms with Crippen molar-refractivity contribution in [2.24, 2.45) is 5.14 Å². The topological polar surface area (TPSA) is 102 Å². The maximum atomic E-state index is 12.1. The Labute approximate surface area is 128 Å². The number of thiazole rings is 1. The van der Waals surface area contributed by atoms with Gasteiger partial charge in [-0.2, -0.15) is 0 Å². The Balaban J connectivity index is 2.34. The van der Waals surface area contributed by atoms with E-state index < -0.39 is 15.9 Å². The predicted molar refractivity (Wildman–Crippen MR) is 80.3 cm³/mol. The number of primary sulfonamides is 1. The first-order valence-electron chi connectivity index (χ1n) is 5.33. The molecule has 20 heavy (non-hydrogen) atoms. The highest BCUT2D eigenvalue weighted by atomic mass is 79.9. The molecule has 1 aromatic carbocycles. The van der Waals surface area contributed by atoms with Gasteiger partial charge in [0, 0.05) is 9.85 Å². The molecule has 0 aliphatic heterocycles. The van der Waals surface area contributed by atoms with E-state index in [1.807, 2.05) is 6.92 Å². The molecule has 1 amide bonds. The van der Waals surface area contributed by atoms with Gasteiger partial charge >= 0.3 is 0 Å². The number of hydrogen-bond acceptors (Lipinski definition) is 5. The summed E-state index contributed by atoms with van der Waals surface area (Å²) in [5.41, 5.74) is 0.965. The third-order valence-electron chi connectivity index (χ3n) is 2.35. The summed E-state index contributed by atoms with van der Waals surface area (Å²) >= 11 is 4.49. The van der Waals surface area contributed by atoms with Crippen LogP contribution in [0.2, 0.25) is 0 Å². The lowest BCUT2D eigenvalue weighted by molar-refractivity contribution is 0.102. The van der Waals surface area contributed by atoms with Crippen LogP contribution in [0, 0.1) is 6.92 Å². The number of anilines is 1. The maximum Gasteiger partial charge on any atom is 0.258 e. The molecular formula is C11H10BrN3O3S2. The van der Waals surface area contributed by atoms with Crippen LogP contribution in [0.1, 0.15) is 16.1 Å². The summed E-state index contributed by atoms with van der Waals surface area (Å²) in [5, 5.41) is 9.89. The lowest BCUT2D eigenvalue weighted by Gasteiger charge is -2.06. The van der Waals surface area contributed by atoms with Gasteiger partial charge in [0.05, 0.1) is 16.2 Å². The molecule has 0 spiro atoms. The Morgan fingerprint density at radius 3 is 2.70 bits per heavy atom. The summed E-state index contributed by atoms with van der Waals surface area (Å²) in [7, 11) is -3.86.